The molecular weight excluding hydrogens is 268 g/mol. The fraction of sp³-hybridized carbons (Fsp3) is 0.250. The number of fused-ring (bicyclic) bond motifs is 1. The minimum atomic E-state index is -0.366. The first-order valence-corrected chi connectivity index (χ1v) is 6.22. The molecule has 0 aliphatic carbocycles. The van der Waals surface area contributed by atoms with Gasteiger partial charge in [0.2, 0.25) is 11.8 Å². The van der Waals surface area contributed by atoms with E-state index in [1.807, 2.05) is 24.3 Å². The van der Waals surface area contributed by atoms with Crippen molar-refractivity contribution < 1.29 is 9.21 Å². The van der Waals surface area contributed by atoms with Crippen molar-refractivity contribution >= 4 is 34.9 Å². The monoisotopic (exact) mass is 278 g/mol. The Morgan fingerprint density at radius 1 is 1.42 bits per heavy atom. The van der Waals surface area contributed by atoms with Crippen molar-refractivity contribution in [1.82, 2.24) is 10.2 Å². The summed E-state index contributed by atoms with van der Waals surface area (Å²) in [4.78, 5) is 13.4. The number of hydrogen-bond donors (Lipinski definition) is 1. The lowest BCUT2D eigenvalue weighted by molar-refractivity contribution is -0.115. The molecule has 1 aliphatic rings. The molecule has 0 fully saturated rings. The standard InChI is InChI=1S/C12H11ClN4O2/c1-7(13)11-15-16-12(19-11)17-6-10(18)14-8-4-2-3-5-9(8)17/h2-5,7H,6H2,1H3,(H,14,18). The van der Waals surface area contributed by atoms with Crippen LogP contribution in [-0.4, -0.2) is 22.6 Å². The van der Waals surface area contributed by atoms with Crippen LogP contribution in [0, 0.1) is 0 Å². The quantitative estimate of drug-likeness (QED) is 0.855. The number of anilines is 3. The van der Waals surface area contributed by atoms with Crippen LogP contribution in [0.4, 0.5) is 17.4 Å². The first-order valence-electron chi connectivity index (χ1n) is 5.79. The minimum Gasteiger partial charge on any atom is -0.406 e. The molecule has 2 aromatic rings. The molecule has 1 N–H and O–H groups in total. The molecule has 1 amide bonds. The number of carbonyl (C=O) groups is 1. The van der Waals surface area contributed by atoms with Crippen LogP contribution in [0.2, 0.25) is 0 Å². The highest BCUT2D eigenvalue weighted by Crippen LogP contribution is 2.34. The average molecular weight is 279 g/mol. The van der Waals surface area contributed by atoms with E-state index in [0.717, 1.165) is 11.4 Å². The lowest BCUT2D eigenvalue weighted by Gasteiger charge is -2.27. The summed E-state index contributed by atoms with van der Waals surface area (Å²) in [6.07, 6.45) is 0. The molecule has 1 aromatic carbocycles. The smallest absolute Gasteiger partial charge is 0.323 e. The average Bonchev–Trinajstić information content (AvgIpc) is 2.87. The second kappa shape index (κ2) is 4.55. The number of nitrogens with one attached hydrogen (secondary N) is 1. The molecular formula is C12H11ClN4O2. The van der Waals surface area contributed by atoms with Crippen molar-refractivity contribution in [2.75, 3.05) is 16.8 Å². The summed E-state index contributed by atoms with van der Waals surface area (Å²) in [7, 11) is 0. The van der Waals surface area contributed by atoms with Gasteiger partial charge in [-0.05, 0) is 19.1 Å². The van der Waals surface area contributed by atoms with E-state index in [1.165, 1.54) is 0 Å². The van der Waals surface area contributed by atoms with Crippen LogP contribution in [0.25, 0.3) is 0 Å². The third kappa shape index (κ3) is 2.15. The van der Waals surface area contributed by atoms with Gasteiger partial charge >= 0.3 is 6.01 Å². The van der Waals surface area contributed by atoms with E-state index in [4.69, 9.17) is 16.0 Å². The Morgan fingerprint density at radius 2 is 2.21 bits per heavy atom. The first kappa shape index (κ1) is 12.0. The number of halogens is 1. The molecule has 1 aliphatic heterocycles. The van der Waals surface area contributed by atoms with Crippen LogP contribution in [-0.2, 0) is 4.79 Å². The summed E-state index contributed by atoms with van der Waals surface area (Å²) >= 11 is 5.89. The van der Waals surface area contributed by atoms with E-state index in [-0.39, 0.29) is 23.8 Å². The molecule has 1 aromatic heterocycles. The van der Waals surface area contributed by atoms with E-state index in [1.54, 1.807) is 11.8 Å². The van der Waals surface area contributed by atoms with Gasteiger partial charge in [0.05, 0.1) is 11.4 Å². The molecule has 2 heterocycles. The van der Waals surface area contributed by atoms with Crippen LogP contribution in [0.15, 0.2) is 28.7 Å². The van der Waals surface area contributed by atoms with E-state index in [0.29, 0.717) is 5.89 Å². The predicted molar refractivity (Wildman–Crippen MR) is 70.6 cm³/mol. The van der Waals surface area contributed by atoms with Gasteiger partial charge in [-0.3, -0.25) is 9.69 Å². The summed E-state index contributed by atoms with van der Waals surface area (Å²) in [5.41, 5.74) is 1.54. The van der Waals surface area contributed by atoms with E-state index >= 15 is 0 Å². The number of carbonyl (C=O) groups excluding carboxylic acids is 1. The summed E-state index contributed by atoms with van der Waals surface area (Å²) in [6, 6.07) is 7.70. The lowest BCUT2D eigenvalue weighted by Crippen LogP contribution is -2.35. The Labute approximate surface area is 114 Å². The van der Waals surface area contributed by atoms with Gasteiger partial charge in [0.15, 0.2) is 0 Å². The van der Waals surface area contributed by atoms with Gasteiger partial charge in [-0.2, -0.15) is 0 Å². The van der Waals surface area contributed by atoms with Crippen molar-refractivity contribution in [3.05, 3.63) is 30.2 Å². The number of benzene rings is 1. The molecule has 0 saturated carbocycles. The molecule has 0 saturated heterocycles. The molecule has 98 valence electrons. The number of aromatic nitrogens is 2. The maximum Gasteiger partial charge on any atom is 0.323 e. The number of nitrogens with zero attached hydrogens (tertiary/aromatic N) is 3. The van der Waals surface area contributed by atoms with Gasteiger partial charge in [0, 0.05) is 0 Å². The largest absolute Gasteiger partial charge is 0.406 e. The van der Waals surface area contributed by atoms with Gasteiger partial charge in [0.1, 0.15) is 11.9 Å². The van der Waals surface area contributed by atoms with Gasteiger partial charge in [-0.1, -0.05) is 17.2 Å². The molecule has 7 heteroatoms. The van der Waals surface area contributed by atoms with Crippen molar-refractivity contribution in [2.45, 2.75) is 12.3 Å². The van der Waals surface area contributed by atoms with Gasteiger partial charge in [0.25, 0.3) is 0 Å². The van der Waals surface area contributed by atoms with Crippen LogP contribution in [0.5, 0.6) is 0 Å². The maximum atomic E-state index is 11.7. The Bertz CT molecular complexity index is 626. The van der Waals surface area contributed by atoms with Crippen LogP contribution in [0.3, 0.4) is 0 Å². The number of para-hydroxylation sites is 2. The fourth-order valence-electron chi connectivity index (χ4n) is 1.90. The lowest BCUT2D eigenvalue weighted by atomic mass is 10.2. The van der Waals surface area contributed by atoms with Crippen molar-refractivity contribution in [3.63, 3.8) is 0 Å². The summed E-state index contributed by atoms with van der Waals surface area (Å²) in [5, 5.41) is 10.2. The van der Waals surface area contributed by atoms with Crippen LogP contribution >= 0.6 is 11.6 Å². The third-order valence-corrected chi connectivity index (χ3v) is 2.96. The third-order valence-electron chi connectivity index (χ3n) is 2.77. The normalized spacial score (nSPS) is 15.9. The summed E-state index contributed by atoms with van der Waals surface area (Å²) in [6.45, 7) is 1.88. The zero-order valence-electron chi connectivity index (χ0n) is 10.1. The maximum absolute atomic E-state index is 11.7. The highest BCUT2D eigenvalue weighted by molar-refractivity contribution is 6.20. The summed E-state index contributed by atoms with van der Waals surface area (Å²) < 4.78 is 5.48. The number of rotatable bonds is 2. The molecule has 0 spiro atoms. The zero-order valence-corrected chi connectivity index (χ0v) is 10.9. The topological polar surface area (TPSA) is 71.3 Å². The Morgan fingerprint density at radius 3 is 2.95 bits per heavy atom. The second-order valence-corrected chi connectivity index (χ2v) is 4.85. The SMILES string of the molecule is CC(Cl)c1nnc(N2CC(=O)Nc3ccccc32)o1. The minimum absolute atomic E-state index is 0.127. The van der Waals surface area contributed by atoms with Crippen LogP contribution in [0.1, 0.15) is 18.2 Å². The van der Waals surface area contributed by atoms with E-state index < -0.39 is 0 Å². The molecule has 19 heavy (non-hydrogen) atoms. The van der Waals surface area contributed by atoms with Crippen LogP contribution < -0.4 is 10.2 Å². The molecule has 1 unspecified atom stereocenters. The van der Waals surface area contributed by atoms with E-state index in [9.17, 15) is 4.79 Å². The van der Waals surface area contributed by atoms with Gasteiger partial charge in [-0.15, -0.1) is 16.7 Å². The van der Waals surface area contributed by atoms with Crippen molar-refractivity contribution in [3.8, 4) is 0 Å². The molecule has 6 nitrogen and oxygen atoms in total. The van der Waals surface area contributed by atoms with Crippen molar-refractivity contribution in [2.24, 2.45) is 0 Å². The highest BCUT2D eigenvalue weighted by Gasteiger charge is 2.27. The number of amides is 1. The summed E-state index contributed by atoms with van der Waals surface area (Å²) in [5.74, 6) is 0.206. The van der Waals surface area contributed by atoms with E-state index in [2.05, 4.69) is 15.5 Å². The number of hydrogen-bond acceptors (Lipinski definition) is 5. The highest BCUT2D eigenvalue weighted by atomic mass is 35.5. The molecule has 1 atom stereocenters. The number of alkyl halides is 1. The fourth-order valence-corrected chi connectivity index (χ4v) is 1.99. The first-order chi connectivity index (χ1) is 9.15. The molecule has 0 radical (unpaired) electrons. The van der Waals surface area contributed by atoms with Gasteiger partial charge < -0.3 is 9.73 Å². The Hall–Kier alpha value is -2.08. The molecule has 0 bridgehead atoms. The Kier molecular flexibility index (Phi) is 2.87. The Balaban J connectivity index is 2.02. The van der Waals surface area contributed by atoms with Gasteiger partial charge in [-0.25, -0.2) is 0 Å². The zero-order chi connectivity index (χ0) is 13.4. The second-order valence-electron chi connectivity index (χ2n) is 4.19. The van der Waals surface area contributed by atoms with Crippen molar-refractivity contribution in [1.29, 1.82) is 0 Å². The predicted octanol–water partition coefficient (Wildman–Crippen LogP) is 2.46. The molecule has 3 rings (SSSR count).